The molecule has 2 bridgehead atoms. The van der Waals surface area contributed by atoms with Crippen molar-refractivity contribution in [1.29, 1.82) is 0 Å². The van der Waals surface area contributed by atoms with E-state index in [-0.39, 0.29) is 18.2 Å². The minimum absolute atomic E-state index is 0.0564. The number of amides is 1. The van der Waals surface area contributed by atoms with E-state index in [9.17, 15) is 9.90 Å². The van der Waals surface area contributed by atoms with Crippen LogP contribution in [0, 0.1) is 13.8 Å². The predicted octanol–water partition coefficient (Wildman–Crippen LogP) is 4.93. The SMILES string of the molecule is Cc1cccc(CC2(O)CC3CCCC(C2)N3C(=O)OCc2ccccc2)c1C. The smallest absolute Gasteiger partial charge is 0.410 e. The van der Waals surface area contributed by atoms with Gasteiger partial charge >= 0.3 is 6.09 Å². The lowest BCUT2D eigenvalue weighted by atomic mass is 9.73. The number of aryl methyl sites for hydroxylation is 1. The molecular weight excluding hydrogens is 362 g/mol. The third-order valence-corrected chi connectivity index (χ3v) is 6.74. The maximum atomic E-state index is 12.9. The van der Waals surface area contributed by atoms with Crippen LogP contribution in [0.1, 0.15) is 54.4 Å². The van der Waals surface area contributed by atoms with Crippen molar-refractivity contribution in [3.63, 3.8) is 0 Å². The molecule has 2 aliphatic heterocycles. The van der Waals surface area contributed by atoms with Gasteiger partial charge in [-0.3, -0.25) is 0 Å². The van der Waals surface area contributed by atoms with Gasteiger partial charge in [-0.25, -0.2) is 4.79 Å². The number of fused-ring (bicyclic) bond motifs is 2. The zero-order valence-corrected chi connectivity index (χ0v) is 17.4. The lowest BCUT2D eigenvalue weighted by Crippen LogP contribution is -2.60. The molecule has 2 aromatic rings. The van der Waals surface area contributed by atoms with Gasteiger partial charge in [0.2, 0.25) is 0 Å². The molecule has 4 rings (SSSR count). The quantitative estimate of drug-likeness (QED) is 0.801. The first-order valence-electron chi connectivity index (χ1n) is 10.7. The van der Waals surface area contributed by atoms with Gasteiger partial charge in [0, 0.05) is 18.5 Å². The summed E-state index contributed by atoms with van der Waals surface area (Å²) in [7, 11) is 0. The standard InChI is InChI=1S/C25H31NO3/c1-18-8-6-11-21(19(18)2)14-25(28)15-22-12-7-13-23(16-25)26(22)24(27)29-17-20-9-4-3-5-10-20/h3-6,8-11,22-23,28H,7,12-17H2,1-2H3. The number of ether oxygens (including phenoxy) is 1. The molecule has 154 valence electrons. The summed E-state index contributed by atoms with van der Waals surface area (Å²) in [4.78, 5) is 14.8. The summed E-state index contributed by atoms with van der Waals surface area (Å²) in [6, 6.07) is 16.2. The monoisotopic (exact) mass is 393 g/mol. The third-order valence-electron chi connectivity index (χ3n) is 6.74. The van der Waals surface area contributed by atoms with Gasteiger partial charge in [-0.15, -0.1) is 0 Å². The number of carbonyl (C=O) groups is 1. The van der Waals surface area contributed by atoms with Crippen LogP contribution in [0.3, 0.4) is 0 Å². The van der Waals surface area contributed by atoms with Crippen molar-refractivity contribution in [3.05, 3.63) is 70.8 Å². The Labute approximate surface area is 173 Å². The minimum Gasteiger partial charge on any atom is -0.445 e. The van der Waals surface area contributed by atoms with Crippen molar-refractivity contribution in [2.45, 2.75) is 76.7 Å². The molecule has 2 heterocycles. The average Bonchev–Trinajstić information content (AvgIpc) is 2.70. The zero-order chi connectivity index (χ0) is 20.4. The largest absolute Gasteiger partial charge is 0.445 e. The molecule has 0 saturated carbocycles. The van der Waals surface area contributed by atoms with E-state index < -0.39 is 5.60 Å². The number of benzene rings is 2. The van der Waals surface area contributed by atoms with Crippen molar-refractivity contribution in [3.8, 4) is 0 Å². The van der Waals surface area contributed by atoms with Gasteiger partial charge < -0.3 is 14.7 Å². The first-order chi connectivity index (χ1) is 14.0. The number of piperidine rings is 2. The van der Waals surface area contributed by atoms with Crippen LogP contribution in [-0.4, -0.2) is 33.8 Å². The molecule has 0 radical (unpaired) electrons. The maximum absolute atomic E-state index is 12.9. The highest BCUT2D eigenvalue weighted by atomic mass is 16.6. The van der Waals surface area contributed by atoms with E-state index in [2.05, 4.69) is 32.0 Å². The first kappa shape index (κ1) is 20.0. The molecule has 4 heteroatoms. The Morgan fingerprint density at radius 2 is 1.76 bits per heavy atom. The van der Waals surface area contributed by atoms with Crippen LogP contribution >= 0.6 is 0 Å². The van der Waals surface area contributed by atoms with Crippen LogP contribution in [-0.2, 0) is 17.8 Å². The highest BCUT2D eigenvalue weighted by molar-refractivity contribution is 5.69. The van der Waals surface area contributed by atoms with Crippen molar-refractivity contribution in [2.24, 2.45) is 0 Å². The van der Waals surface area contributed by atoms with Crippen molar-refractivity contribution >= 4 is 6.09 Å². The molecule has 2 aromatic carbocycles. The Kier molecular flexibility index (Phi) is 5.64. The lowest BCUT2D eigenvalue weighted by molar-refractivity contribution is -0.0846. The lowest BCUT2D eigenvalue weighted by Gasteiger charge is -2.51. The second-order valence-corrected chi connectivity index (χ2v) is 8.85. The number of rotatable bonds is 4. The second kappa shape index (κ2) is 8.19. The fourth-order valence-electron chi connectivity index (χ4n) is 5.12. The Bertz CT molecular complexity index is 850. The summed E-state index contributed by atoms with van der Waals surface area (Å²) in [5, 5.41) is 11.5. The predicted molar refractivity (Wildman–Crippen MR) is 114 cm³/mol. The topological polar surface area (TPSA) is 49.8 Å². The van der Waals surface area contributed by atoms with E-state index in [0.717, 1.165) is 24.8 Å². The molecule has 2 saturated heterocycles. The first-order valence-corrected chi connectivity index (χ1v) is 10.7. The van der Waals surface area contributed by atoms with E-state index in [0.29, 0.717) is 25.9 Å². The summed E-state index contributed by atoms with van der Waals surface area (Å²) in [5.41, 5.74) is 3.97. The van der Waals surface area contributed by atoms with Crippen molar-refractivity contribution in [1.82, 2.24) is 4.90 Å². The summed E-state index contributed by atoms with van der Waals surface area (Å²) in [6.45, 7) is 4.54. The molecule has 0 aliphatic carbocycles. The van der Waals surface area contributed by atoms with Crippen LogP contribution in [0.25, 0.3) is 0 Å². The highest BCUT2D eigenvalue weighted by Crippen LogP contribution is 2.41. The van der Waals surface area contributed by atoms with E-state index in [4.69, 9.17) is 4.74 Å². The van der Waals surface area contributed by atoms with Gasteiger partial charge in [0.15, 0.2) is 0 Å². The molecule has 0 aromatic heterocycles. The molecule has 1 N–H and O–H groups in total. The number of hydrogen-bond acceptors (Lipinski definition) is 3. The Morgan fingerprint density at radius 3 is 2.45 bits per heavy atom. The van der Waals surface area contributed by atoms with Crippen LogP contribution in [0.4, 0.5) is 4.79 Å². The number of aliphatic hydroxyl groups is 1. The minimum atomic E-state index is -0.759. The molecule has 2 fully saturated rings. The fourth-order valence-corrected chi connectivity index (χ4v) is 5.12. The molecule has 29 heavy (non-hydrogen) atoms. The zero-order valence-electron chi connectivity index (χ0n) is 17.4. The van der Waals surface area contributed by atoms with Gasteiger partial charge in [-0.05, 0) is 68.2 Å². The molecule has 1 amide bonds. The van der Waals surface area contributed by atoms with Crippen LogP contribution < -0.4 is 0 Å². The third kappa shape index (κ3) is 4.32. The summed E-state index contributed by atoms with van der Waals surface area (Å²) < 4.78 is 5.63. The van der Waals surface area contributed by atoms with Crippen molar-refractivity contribution in [2.75, 3.05) is 0 Å². The summed E-state index contributed by atoms with van der Waals surface area (Å²) in [6.07, 6.45) is 4.64. The van der Waals surface area contributed by atoms with Gasteiger partial charge in [0.25, 0.3) is 0 Å². The number of hydrogen-bond donors (Lipinski definition) is 1. The van der Waals surface area contributed by atoms with Crippen LogP contribution in [0.15, 0.2) is 48.5 Å². The molecule has 2 aliphatic rings. The Hall–Kier alpha value is -2.33. The van der Waals surface area contributed by atoms with Gasteiger partial charge in [-0.1, -0.05) is 48.5 Å². The molecule has 4 nitrogen and oxygen atoms in total. The second-order valence-electron chi connectivity index (χ2n) is 8.85. The number of nitrogens with zero attached hydrogens (tertiary/aromatic N) is 1. The maximum Gasteiger partial charge on any atom is 0.410 e. The van der Waals surface area contributed by atoms with E-state index in [1.54, 1.807) is 0 Å². The van der Waals surface area contributed by atoms with Crippen LogP contribution in [0.5, 0.6) is 0 Å². The highest BCUT2D eigenvalue weighted by Gasteiger charge is 2.47. The van der Waals surface area contributed by atoms with Crippen LogP contribution in [0.2, 0.25) is 0 Å². The van der Waals surface area contributed by atoms with Crippen molar-refractivity contribution < 1.29 is 14.6 Å². The van der Waals surface area contributed by atoms with E-state index in [1.165, 1.54) is 16.7 Å². The fraction of sp³-hybridized carbons (Fsp3) is 0.480. The molecule has 2 unspecified atom stereocenters. The molecular formula is C25H31NO3. The van der Waals surface area contributed by atoms with Gasteiger partial charge in [0.1, 0.15) is 6.61 Å². The van der Waals surface area contributed by atoms with Gasteiger partial charge in [0.05, 0.1) is 5.60 Å². The Balaban J connectivity index is 1.45. The summed E-state index contributed by atoms with van der Waals surface area (Å²) >= 11 is 0. The Morgan fingerprint density at radius 1 is 1.07 bits per heavy atom. The molecule has 0 spiro atoms. The molecule has 2 atom stereocenters. The summed E-state index contributed by atoms with van der Waals surface area (Å²) in [5.74, 6) is 0. The van der Waals surface area contributed by atoms with E-state index >= 15 is 0 Å². The van der Waals surface area contributed by atoms with Gasteiger partial charge in [-0.2, -0.15) is 0 Å². The van der Waals surface area contributed by atoms with E-state index in [1.807, 2.05) is 35.2 Å². The number of carbonyl (C=O) groups excluding carboxylic acids is 1. The average molecular weight is 394 g/mol. The normalized spacial score (nSPS) is 26.2.